The van der Waals surface area contributed by atoms with Gasteiger partial charge in [0, 0.05) is 23.2 Å². The average molecular weight is 289 g/mol. The number of fused-ring (bicyclic) bond motifs is 2. The summed E-state index contributed by atoms with van der Waals surface area (Å²) in [7, 11) is 1.50. The van der Waals surface area contributed by atoms with Crippen LogP contribution in [0.25, 0.3) is 21.8 Å². The molecule has 0 fully saturated rings. The molecule has 0 aliphatic carbocycles. The van der Waals surface area contributed by atoms with Crippen LogP contribution in [0.4, 0.5) is 0 Å². The summed E-state index contributed by atoms with van der Waals surface area (Å²) in [6, 6.07) is 24.2. The first kappa shape index (κ1) is 15.6. The fraction of sp³-hybridized carbons (Fsp3) is 0.0526. The molecule has 0 amide bonds. The van der Waals surface area contributed by atoms with Crippen molar-refractivity contribution < 1.29 is 0 Å². The van der Waals surface area contributed by atoms with Crippen LogP contribution in [-0.4, -0.2) is 17.0 Å². The predicted octanol–water partition coefficient (Wildman–Crippen LogP) is 4.04. The van der Waals surface area contributed by atoms with Crippen LogP contribution in [0.1, 0.15) is 0 Å². The Labute approximate surface area is 130 Å². The Morgan fingerprint density at radius 1 is 0.545 bits per heavy atom. The molecule has 22 heavy (non-hydrogen) atoms. The highest BCUT2D eigenvalue weighted by atomic mass is 14.6. The zero-order chi connectivity index (χ0) is 15.6. The van der Waals surface area contributed by atoms with Crippen molar-refractivity contribution in [3.8, 4) is 0 Å². The van der Waals surface area contributed by atoms with Gasteiger partial charge in [0.25, 0.3) is 0 Å². The van der Waals surface area contributed by atoms with Crippen molar-refractivity contribution in [2.75, 3.05) is 7.05 Å². The third kappa shape index (κ3) is 4.11. The van der Waals surface area contributed by atoms with E-state index in [2.05, 4.69) is 40.0 Å². The van der Waals surface area contributed by atoms with Crippen molar-refractivity contribution in [1.82, 2.24) is 9.97 Å². The molecule has 3 nitrogen and oxygen atoms in total. The van der Waals surface area contributed by atoms with Crippen LogP contribution >= 0.6 is 0 Å². The van der Waals surface area contributed by atoms with Gasteiger partial charge in [-0.25, -0.2) is 0 Å². The van der Waals surface area contributed by atoms with E-state index in [-0.39, 0.29) is 0 Å². The number of para-hydroxylation sites is 2. The number of aromatic nitrogens is 2. The quantitative estimate of drug-likeness (QED) is 0.531. The van der Waals surface area contributed by atoms with E-state index in [9.17, 15) is 0 Å². The van der Waals surface area contributed by atoms with Crippen LogP contribution in [-0.2, 0) is 0 Å². The minimum absolute atomic E-state index is 1.06. The normalized spacial score (nSPS) is 9.36. The van der Waals surface area contributed by atoms with Crippen molar-refractivity contribution in [2.45, 2.75) is 0 Å². The lowest BCUT2D eigenvalue weighted by Crippen LogP contribution is -1.73. The number of pyridine rings is 2. The molecule has 2 aromatic carbocycles. The van der Waals surface area contributed by atoms with E-state index in [4.69, 9.17) is 0 Å². The molecule has 3 heteroatoms. The Hall–Kier alpha value is -2.78. The van der Waals surface area contributed by atoms with E-state index < -0.39 is 0 Å². The largest absolute Gasteiger partial charge is 0.333 e. The second kappa shape index (κ2) is 8.49. The van der Waals surface area contributed by atoms with E-state index in [1.165, 1.54) is 17.8 Å². The Bertz CT molecular complexity index is 626. The summed E-state index contributed by atoms with van der Waals surface area (Å²) in [5.41, 5.74) is 6.62. The minimum atomic E-state index is 1.06. The number of hydrogen-bond acceptors (Lipinski definition) is 3. The third-order valence-corrected chi connectivity index (χ3v) is 3.02. The summed E-state index contributed by atoms with van der Waals surface area (Å²) < 4.78 is 0. The Morgan fingerprint density at radius 2 is 0.909 bits per heavy atom. The topological polar surface area (TPSA) is 51.8 Å². The molecule has 110 valence electrons. The van der Waals surface area contributed by atoms with Crippen molar-refractivity contribution in [3.05, 3.63) is 85.2 Å². The number of nitrogens with zero attached hydrogens (tertiary/aromatic N) is 2. The summed E-state index contributed by atoms with van der Waals surface area (Å²) in [4.78, 5) is 8.36. The smallest absolute Gasteiger partial charge is 0.0701 e. The first-order valence-corrected chi connectivity index (χ1v) is 7.11. The highest BCUT2D eigenvalue weighted by Gasteiger charge is 1.87. The van der Waals surface area contributed by atoms with Crippen LogP contribution < -0.4 is 5.73 Å². The van der Waals surface area contributed by atoms with Crippen molar-refractivity contribution in [1.29, 1.82) is 0 Å². The molecule has 0 saturated carbocycles. The Morgan fingerprint density at radius 3 is 1.32 bits per heavy atom. The van der Waals surface area contributed by atoms with Crippen LogP contribution in [0.3, 0.4) is 0 Å². The van der Waals surface area contributed by atoms with Crippen molar-refractivity contribution in [2.24, 2.45) is 5.73 Å². The van der Waals surface area contributed by atoms with Crippen molar-refractivity contribution in [3.63, 3.8) is 0 Å². The van der Waals surface area contributed by atoms with Gasteiger partial charge in [0.2, 0.25) is 0 Å². The molecular weight excluding hydrogens is 270 g/mol. The number of hydrogen-bond donors (Lipinski definition) is 1. The highest BCUT2D eigenvalue weighted by molar-refractivity contribution is 5.78. The molecule has 2 aromatic heterocycles. The molecule has 0 aliphatic rings. The first-order chi connectivity index (χ1) is 10.9. The van der Waals surface area contributed by atoms with Gasteiger partial charge in [-0.15, -0.1) is 0 Å². The molecule has 0 saturated heterocycles. The summed E-state index contributed by atoms with van der Waals surface area (Å²) in [6.45, 7) is 0. The van der Waals surface area contributed by atoms with E-state index in [0.29, 0.717) is 0 Å². The lowest BCUT2D eigenvalue weighted by molar-refractivity contribution is 1.41. The first-order valence-electron chi connectivity index (χ1n) is 7.11. The van der Waals surface area contributed by atoms with Crippen LogP contribution in [0.15, 0.2) is 85.2 Å². The monoisotopic (exact) mass is 289 g/mol. The van der Waals surface area contributed by atoms with Crippen LogP contribution in [0, 0.1) is 0 Å². The highest BCUT2D eigenvalue weighted by Crippen LogP contribution is 2.08. The molecular formula is C19H19N3. The van der Waals surface area contributed by atoms with E-state index in [0.717, 1.165) is 11.0 Å². The molecule has 2 heterocycles. The molecule has 0 aliphatic heterocycles. The van der Waals surface area contributed by atoms with Gasteiger partial charge in [-0.05, 0) is 31.3 Å². The van der Waals surface area contributed by atoms with Gasteiger partial charge in [0.1, 0.15) is 0 Å². The summed E-state index contributed by atoms with van der Waals surface area (Å²) in [6.07, 6.45) is 3.62. The predicted molar refractivity (Wildman–Crippen MR) is 93.6 cm³/mol. The van der Waals surface area contributed by atoms with E-state index >= 15 is 0 Å². The molecule has 0 radical (unpaired) electrons. The lowest BCUT2D eigenvalue weighted by Gasteiger charge is -1.91. The maximum Gasteiger partial charge on any atom is 0.0701 e. The van der Waals surface area contributed by atoms with Gasteiger partial charge >= 0.3 is 0 Å². The summed E-state index contributed by atoms with van der Waals surface area (Å²) in [5.74, 6) is 0. The maximum absolute atomic E-state index is 4.50. The number of nitrogens with two attached hydrogens (primary N) is 1. The second-order valence-electron chi connectivity index (χ2n) is 4.39. The molecule has 0 spiro atoms. The van der Waals surface area contributed by atoms with Gasteiger partial charge < -0.3 is 5.73 Å². The summed E-state index contributed by atoms with van der Waals surface area (Å²) in [5, 5.41) is 2.40. The molecule has 4 rings (SSSR count). The number of rotatable bonds is 0. The summed E-state index contributed by atoms with van der Waals surface area (Å²) >= 11 is 0. The average Bonchev–Trinajstić information content (AvgIpc) is 2.64. The van der Waals surface area contributed by atoms with Crippen LogP contribution in [0.2, 0.25) is 0 Å². The van der Waals surface area contributed by atoms with Gasteiger partial charge in [0.05, 0.1) is 11.0 Å². The maximum atomic E-state index is 4.50. The Kier molecular flexibility index (Phi) is 6.03. The Balaban J connectivity index is 0.000000144. The third-order valence-electron chi connectivity index (χ3n) is 3.02. The van der Waals surface area contributed by atoms with Crippen LogP contribution in [0.5, 0.6) is 0 Å². The van der Waals surface area contributed by atoms with Gasteiger partial charge in [-0.3, -0.25) is 9.97 Å². The van der Waals surface area contributed by atoms with Gasteiger partial charge in [-0.2, -0.15) is 0 Å². The standard InChI is InChI=1S/2C9H7N.CH5N/c2*1-2-6-9-8(4-1)5-3-7-10-9;1-2/h2*1-7H;2H2,1H3. The van der Waals surface area contributed by atoms with Crippen molar-refractivity contribution >= 4 is 21.8 Å². The van der Waals surface area contributed by atoms with E-state index in [1.807, 2.05) is 60.9 Å². The zero-order valence-corrected chi connectivity index (χ0v) is 12.6. The van der Waals surface area contributed by atoms with E-state index in [1.54, 1.807) is 0 Å². The molecule has 0 atom stereocenters. The van der Waals surface area contributed by atoms with Gasteiger partial charge in [0.15, 0.2) is 0 Å². The zero-order valence-electron chi connectivity index (χ0n) is 12.6. The fourth-order valence-electron chi connectivity index (χ4n) is 2.03. The molecule has 0 unspecified atom stereocenters. The minimum Gasteiger partial charge on any atom is -0.333 e. The van der Waals surface area contributed by atoms with Gasteiger partial charge in [-0.1, -0.05) is 48.5 Å². The molecule has 2 N–H and O–H groups in total. The molecule has 4 aromatic rings. The number of benzene rings is 2. The fourth-order valence-corrected chi connectivity index (χ4v) is 2.03. The second-order valence-corrected chi connectivity index (χ2v) is 4.39. The lowest BCUT2D eigenvalue weighted by atomic mass is 10.2. The SMILES string of the molecule is CN.c1ccc2ncccc2c1.c1ccc2ncccc2c1. The molecule has 0 bridgehead atoms.